The molecule has 22 heavy (non-hydrogen) atoms. The van der Waals surface area contributed by atoms with Crippen LogP contribution in [0.2, 0.25) is 0 Å². The van der Waals surface area contributed by atoms with Gasteiger partial charge in [0.1, 0.15) is 0 Å². The molecule has 120 valence electrons. The Balaban J connectivity index is 3.09. The standard InChI is InChI=1S/C13H15NO7S/c1-9(15)14-13(11(16)17,12(18)19)7-8-22(20,21)10-5-3-2-4-6-10/h2-6H,7-8H2,1H3,(H,14,15)(H,16,17)(H,18,19). The zero-order valence-electron chi connectivity index (χ0n) is 11.6. The number of hydrogen-bond acceptors (Lipinski definition) is 5. The van der Waals surface area contributed by atoms with Gasteiger partial charge in [-0.25, -0.2) is 18.0 Å². The van der Waals surface area contributed by atoms with Crippen LogP contribution < -0.4 is 5.32 Å². The molecule has 9 heteroatoms. The first-order chi connectivity index (χ1) is 10.1. The quantitative estimate of drug-likeness (QED) is 0.593. The summed E-state index contributed by atoms with van der Waals surface area (Å²) in [5.74, 6) is -5.30. The van der Waals surface area contributed by atoms with Crippen LogP contribution in [0.15, 0.2) is 35.2 Å². The van der Waals surface area contributed by atoms with Crippen molar-refractivity contribution in [1.82, 2.24) is 5.32 Å². The van der Waals surface area contributed by atoms with Gasteiger partial charge in [-0.3, -0.25) is 4.79 Å². The molecule has 1 rings (SSSR count). The third-order valence-corrected chi connectivity index (χ3v) is 4.70. The van der Waals surface area contributed by atoms with Crippen LogP contribution in [0.5, 0.6) is 0 Å². The van der Waals surface area contributed by atoms with Crippen molar-refractivity contribution in [2.24, 2.45) is 0 Å². The first kappa shape index (κ1) is 17.6. The summed E-state index contributed by atoms with van der Waals surface area (Å²) in [5, 5.41) is 20.1. The van der Waals surface area contributed by atoms with E-state index in [2.05, 4.69) is 0 Å². The Kier molecular flexibility index (Phi) is 5.26. The SMILES string of the molecule is CC(=O)NC(CCS(=O)(=O)c1ccccc1)(C(=O)O)C(=O)O. The largest absolute Gasteiger partial charge is 0.479 e. The van der Waals surface area contributed by atoms with Gasteiger partial charge < -0.3 is 15.5 Å². The molecule has 0 aliphatic carbocycles. The molecule has 0 saturated carbocycles. The van der Waals surface area contributed by atoms with Gasteiger partial charge in [-0.1, -0.05) is 18.2 Å². The van der Waals surface area contributed by atoms with E-state index in [-0.39, 0.29) is 4.90 Å². The van der Waals surface area contributed by atoms with E-state index in [1.165, 1.54) is 24.3 Å². The van der Waals surface area contributed by atoms with Gasteiger partial charge >= 0.3 is 11.9 Å². The fraction of sp³-hybridized carbons (Fsp3) is 0.308. The smallest absolute Gasteiger partial charge is 0.341 e. The van der Waals surface area contributed by atoms with E-state index in [1.807, 2.05) is 5.32 Å². The fourth-order valence-corrected chi connectivity index (χ4v) is 3.19. The number of aliphatic carboxylic acids is 2. The molecule has 8 nitrogen and oxygen atoms in total. The van der Waals surface area contributed by atoms with Crippen molar-refractivity contribution in [2.45, 2.75) is 23.8 Å². The van der Waals surface area contributed by atoms with Crippen LogP contribution in [-0.2, 0) is 24.2 Å². The molecule has 0 aromatic heterocycles. The molecule has 0 saturated heterocycles. The van der Waals surface area contributed by atoms with Crippen molar-refractivity contribution in [3.63, 3.8) is 0 Å². The summed E-state index contributed by atoms with van der Waals surface area (Å²) < 4.78 is 24.2. The number of hydrogen-bond donors (Lipinski definition) is 3. The van der Waals surface area contributed by atoms with Gasteiger partial charge in [-0.2, -0.15) is 0 Å². The molecule has 1 aromatic carbocycles. The molecule has 0 fully saturated rings. The highest BCUT2D eigenvalue weighted by molar-refractivity contribution is 7.91. The van der Waals surface area contributed by atoms with Crippen molar-refractivity contribution < 1.29 is 33.0 Å². The van der Waals surface area contributed by atoms with Gasteiger partial charge in [0.25, 0.3) is 0 Å². The van der Waals surface area contributed by atoms with Crippen LogP contribution in [0.3, 0.4) is 0 Å². The first-order valence-corrected chi connectivity index (χ1v) is 7.80. The summed E-state index contributed by atoms with van der Waals surface area (Å²) in [6.07, 6.45) is -0.797. The van der Waals surface area contributed by atoms with Crippen molar-refractivity contribution in [2.75, 3.05) is 5.75 Å². The van der Waals surface area contributed by atoms with Gasteiger partial charge in [0, 0.05) is 13.3 Å². The molecule has 0 spiro atoms. The minimum Gasteiger partial charge on any atom is -0.479 e. The summed E-state index contributed by atoms with van der Waals surface area (Å²) in [7, 11) is -3.87. The highest BCUT2D eigenvalue weighted by atomic mass is 32.2. The zero-order chi connectivity index (χ0) is 17.0. The van der Waals surface area contributed by atoms with E-state index in [9.17, 15) is 22.8 Å². The summed E-state index contributed by atoms with van der Waals surface area (Å²) >= 11 is 0. The van der Waals surface area contributed by atoms with Crippen LogP contribution in [0.4, 0.5) is 0 Å². The second-order valence-electron chi connectivity index (χ2n) is 4.58. The lowest BCUT2D eigenvalue weighted by Crippen LogP contribution is -2.60. The monoisotopic (exact) mass is 329 g/mol. The zero-order valence-corrected chi connectivity index (χ0v) is 12.5. The molecule has 0 aliphatic heterocycles. The number of amides is 1. The molecule has 0 atom stereocenters. The first-order valence-electron chi connectivity index (χ1n) is 6.15. The lowest BCUT2D eigenvalue weighted by molar-refractivity contribution is -0.161. The number of rotatable bonds is 7. The van der Waals surface area contributed by atoms with Gasteiger partial charge in [0.05, 0.1) is 10.6 Å². The highest BCUT2D eigenvalue weighted by Crippen LogP contribution is 2.18. The molecule has 3 N–H and O–H groups in total. The van der Waals surface area contributed by atoms with Crippen LogP contribution >= 0.6 is 0 Å². The predicted octanol–water partition coefficient (Wildman–Crippen LogP) is -0.105. The minimum atomic E-state index is -3.87. The van der Waals surface area contributed by atoms with Crippen molar-refractivity contribution in [3.05, 3.63) is 30.3 Å². The fourth-order valence-electron chi connectivity index (χ4n) is 1.81. The maximum Gasteiger partial charge on any atom is 0.341 e. The number of carbonyl (C=O) groups is 3. The molecule has 0 unspecified atom stereocenters. The molecule has 0 heterocycles. The number of carboxylic acid groups (broad SMARTS) is 2. The molecular formula is C13H15NO7S. The predicted molar refractivity (Wildman–Crippen MR) is 74.9 cm³/mol. The summed E-state index contributed by atoms with van der Waals surface area (Å²) in [6.45, 7) is 0.951. The second kappa shape index (κ2) is 6.56. The maximum atomic E-state index is 12.1. The van der Waals surface area contributed by atoms with E-state index < -0.39 is 45.4 Å². The Labute approximate surface area is 126 Å². The highest BCUT2D eigenvalue weighted by Gasteiger charge is 2.48. The Morgan fingerprint density at radius 3 is 2.00 bits per heavy atom. The van der Waals surface area contributed by atoms with E-state index >= 15 is 0 Å². The van der Waals surface area contributed by atoms with Gasteiger partial charge in [-0.05, 0) is 12.1 Å². The Morgan fingerprint density at radius 2 is 1.59 bits per heavy atom. The number of sulfone groups is 1. The van der Waals surface area contributed by atoms with E-state index in [1.54, 1.807) is 6.07 Å². The van der Waals surface area contributed by atoms with Crippen LogP contribution in [0, 0.1) is 0 Å². The minimum absolute atomic E-state index is 0.0532. The number of carboxylic acids is 2. The van der Waals surface area contributed by atoms with Crippen LogP contribution in [0.25, 0.3) is 0 Å². The third-order valence-electron chi connectivity index (χ3n) is 2.97. The molecular weight excluding hydrogens is 314 g/mol. The van der Waals surface area contributed by atoms with Crippen molar-refractivity contribution in [3.8, 4) is 0 Å². The van der Waals surface area contributed by atoms with Gasteiger partial charge in [0.2, 0.25) is 11.4 Å². The average Bonchev–Trinajstić information content (AvgIpc) is 2.43. The van der Waals surface area contributed by atoms with Gasteiger partial charge in [-0.15, -0.1) is 0 Å². The lowest BCUT2D eigenvalue weighted by atomic mass is 9.96. The summed E-state index contributed by atoms with van der Waals surface area (Å²) in [5.41, 5.74) is -2.69. The van der Waals surface area contributed by atoms with E-state index in [0.717, 1.165) is 6.92 Å². The molecule has 1 amide bonds. The number of benzene rings is 1. The Bertz CT molecular complexity index is 668. The molecule has 0 aliphatic rings. The van der Waals surface area contributed by atoms with Crippen molar-refractivity contribution in [1.29, 1.82) is 0 Å². The topological polar surface area (TPSA) is 138 Å². The maximum absolute atomic E-state index is 12.1. The van der Waals surface area contributed by atoms with Gasteiger partial charge in [0.15, 0.2) is 9.84 Å². The van der Waals surface area contributed by atoms with Crippen LogP contribution in [-0.4, -0.2) is 47.8 Å². The summed E-state index contributed by atoms with van der Waals surface area (Å²) in [6, 6.07) is 7.22. The number of carbonyl (C=O) groups excluding carboxylic acids is 1. The van der Waals surface area contributed by atoms with E-state index in [0.29, 0.717) is 0 Å². The molecule has 1 aromatic rings. The summed E-state index contributed by atoms with van der Waals surface area (Å²) in [4.78, 5) is 33.5. The molecule has 0 radical (unpaired) electrons. The lowest BCUT2D eigenvalue weighted by Gasteiger charge is -2.25. The third kappa shape index (κ3) is 3.82. The average molecular weight is 329 g/mol. The second-order valence-corrected chi connectivity index (χ2v) is 6.69. The Morgan fingerprint density at radius 1 is 1.09 bits per heavy atom. The number of nitrogens with one attached hydrogen (secondary N) is 1. The van der Waals surface area contributed by atoms with Crippen LogP contribution in [0.1, 0.15) is 13.3 Å². The van der Waals surface area contributed by atoms with E-state index in [4.69, 9.17) is 10.2 Å². The Hall–Kier alpha value is -2.42. The van der Waals surface area contributed by atoms with Crippen molar-refractivity contribution >= 4 is 27.7 Å². The normalized spacial score (nSPS) is 11.7. The molecule has 0 bridgehead atoms.